The average Bonchev–Trinajstić information content (AvgIpc) is 2.98. The number of anilines is 1. The van der Waals surface area contributed by atoms with Gasteiger partial charge in [-0.2, -0.15) is 0 Å². The van der Waals surface area contributed by atoms with Crippen LogP contribution in [-0.2, 0) is 38.0 Å². The summed E-state index contributed by atoms with van der Waals surface area (Å²) in [7, 11) is -3.33. The first-order chi connectivity index (χ1) is 12.2. The molecule has 2 heterocycles. The van der Waals surface area contributed by atoms with Gasteiger partial charge in [0.2, 0.25) is 0 Å². The molecule has 0 aliphatic heterocycles. The van der Waals surface area contributed by atoms with E-state index in [-0.39, 0.29) is 6.54 Å². The number of hydrogen-bond acceptors (Lipinski definition) is 7. The van der Waals surface area contributed by atoms with Crippen LogP contribution in [-0.4, -0.2) is 47.1 Å². The zero-order valence-corrected chi connectivity index (χ0v) is 16.3. The first kappa shape index (κ1) is 20.1. The van der Waals surface area contributed by atoms with Gasteiger partial charge >= 0.3 is 160 Å². The summed E-state index contributed by atoms with van der Waals surface area (Å²) in [6, 6.07) is 3.58. The minimum atomic E-state index is -3.33. The Balaban J connectivity index is 2.00. The third kappa shape index (κ3) is 5.94. The molecule has 0 aliphatic carbocycles. The molecule has 8 nitrogen and oxygen atoms in total. The van der Waals surface area contributed by atoms with Gasteiger partial charge in [0.25, 0.3) is 0 Å². The van der Waals surface area contributed by atoms with Gasteiger partial charge in [0.15, 0.2) is 0 Å². The summed E-state index contributed by atoms with van der Waals surface area (Å²) in [6.45, 7) is 4.10. The molecule has 2 aromatic rings. The monoisotopic (exact) mass is 413 g/mol. The summed E-state index contributed by atoms with van der Waals surface area (Å²) in [5, 5.41) is 3.68. The number of carbonyl (C=O) groups excluding carboxylic acids is 1. The van der Waals surface area contributed by atoms with E-state index >= 15 is 0 Å². The molecule has 0 spiro atoms. The number of sulfone groups is 1. The van der Waals surface area contributed by atoms with Crippen molar-refractivity contribution in [3.63, 3.8) is 0 Å². The average molecular weight is 413 g/mol. The van der Waals surface area contributed by atoms with Crippen LogP contribution in [0.4, 0.5) is 5.82 Å². The summed E-state index contributed by atoms with van der Waals surface area (Å²) in [5.41, 5.74) is 5.83. The van der Waals surface area contributed by atoms with Gasteiger partial charge in [0.1, 0.15) is 0 Å². The van der Waals surface area contributed by atoms with Gasteiger partial charge in [-0.15, -0.1) is 0 Å². The number of rotatable bonds is 7. The Hall–Kier alpha value is -2.23. The molecule has 0 fully saturated rings. The van der Waals surface area contributed by atoms with Crippen molar-refractivity contribution in [1.29, 1.82) is 0 Å². The summed E-state index contributed by atoms with van der Waals surface area (Å²) in [6.07, 6.45) is 4.57. The van der Waals surface area contributed by atoms with Crippen molar-refractivity contribution >= 4 is 38.4 Å². The van der Waals surface area contributed by atoms with Crippen molar-refractivity contribution in [3.05, 3.63) is 40.5 Å². The van der Waals surface area contributed by atoms with Gasteiger partial charge in [0, 0.05) is 0 Å². The Morgan fingerprint density at radius 1 is 1.42 bits per heavy atom. The van der Waals surface area contributed by atoms with Crippen LogP contribution in [0.1, 0.15) is 11.5 Å². The van der Waals surface area contributed by atoms with E-state index in [1.165, 1.54) is 6.33 Å². The van der Waals surface area contributed by atoms with Gasteiger partial charge in [-0.05, 0) is 0 Å². The molecular formula is C16H18N4O4SV. The zero-order chi connectivity index (χ0) is 19.3. The van der Waals surface area contributed by atoms with Crippen LogP contribution >= 0.6 is 0 Å². The van der Waals surface area contributed by atoms with E-state index in [9.17, 15) is 13.2 Å². The van der Waals surface area contributed by atoms with Crippen LogP contribution in [0.2, 0.25) is 0 Å². The fourth-order valence-corrected chi connectivity index (χ4v) is 3.04. The summed E-state index contributed by atoms with van der Waals surface area (Å²) in [4.78, 5) is 19.4. The van der Waals surface area contributed by atoms with Gasteiger partial charge < -0.3 is 0 Å². The summed E-state index contributed by atoms with van der Waals surface area (Å²) < 4.78 is 28.6. The van der Waals surface area contributed by atoms with Crippen molar-refractivity contribution in [2.75, 3.05) is 24.3 Å². The van der Waals surface area contributed by atoms with Gasteiger partial charge in [-0.1, -0.05) is 0 Å². The molecule has 137 valence electrons. The molecule has 0 atom stereocenters. The number of nitrogens with two attached hydrogens (primary N) is 1. The maximum atomic E-state index is 11.5. The molecule has 0 saturated carbocycles. The Morgan fingerprint density at radius 2 is 2.15 bits per heavy atom. The van der Waals surface area contributed by atoms with E-state index in [0.717, 1.165) is 10.5 Å². The normalized spacial score (nSPS) is 12.1. The van der Waals surface area contributed by atoms with E-state index in [1.807, 2.05) is 0 Å². The van der Waals surface area contributed by atoms with Crippen LogP contribution in [0.5, 0.6) is 0 Å². The van der Waals surface area contributed by atoms with Crippen molar-refractivity contribution in [2.24, 2.45) is 0 Å². The van der Waals surface area contributed by atoms with E-state index in [4.69, 9.17) is 10.2 Å². The van der Waals surface area contributed by atoms with Crippen LogP contribution in [0.25, 0.3) is 12.7 Å². The molecule has 1 amide bonds. The van der Waals surface area contributed by atoms with E-state index < -0.39 is 21.5 Å². The van der Waals surface area contributed by atoms with Crippen LogP contribution in [0.15, 0.2) is 22.9 Å². The number of amides is 1. The second-order valence-corrected chi connectivity index (χ2v) is 8.48. The molecule has 0 aliphatic rings. The summed E-state index contributed by atoms with van der Waals surface area (Å²) >= 11 is 2.38. The summed E-state index contributed by atoms with van der Waals surface area (Å²) in [5.74, 6) is 0.543. The molecule has 0 radical (unpaired) electrons. The SMILES string of the molecule is C=c1ncnc(N)c1=C[C](=[V])c1ccc(CCNC(=O)CS(C)(=O)=O)o1. The molecule has 0 bridgehead atoms. The Kier molecular flexibility index (Phi) is 6.52. The maximum absolute atomic E-state index is 11.5. The molecule has 2 aromatic heterocycles. The van der Waals surface area contributed by atoms with Crippen molar-refractivity contribution in [2.45, 2.75) is 6.42 Å². The molecule has 0 aromatic carbocycles. The first-order valence-corrected chi connectivity index (χ1v) is 10.3. The number of hydrogen-bond donors (Lipinski definition) is 2. The Bertz CT molecular complexity index is 1050. The molecule has 10 heteroatoms. The first-order valence-electron chi connectivity index (χ1n) is 7.52. The Morgan fingerprint density at radius 3 is 2.81 bits per heavy atom. The zero-order valence-electron chi connectivity index (χ0n) is 14.1. The van der Waals surface area contributed by atoms with Crippen LogP contribution in [0.3, 0.4) is 0 Å². The molecule has 3 N–H and O–H groups in total. The standard InChI is InChI=1S/C16H18N4O4S.V/c1-11-14(16(17)20-10-19-11)6-5-12-3-4-13(24-12)7-8-18-15(21)9-25(2,22)23;/h3-4,6,10H,1,7-9H2,2H3,(H,18,21)(H2,17,19,20);. The van der Waals surface area contributed by atoms with E-state index in [1.54, 1.807) is 18.2 Å². The van der Waals surface area contributed by atoms with Gasteiger partial charge in [-0.25, -0.2) is 0 Å². The molecule has 0 saturated heterocycles. The fourth-order valence-electron chi connectivity index (χ4n) is 2.08. The molecular weight excluding hydrogens is 395 g/mol. The van der Waals surface area contributed by atoms with Gasteiger partial charge in [-0.3, -0.25) is 0 Å². The molecule has 0 unspecified atom stereocenters. The number of furan rings is 1. The number of nitrogen functional groups attached to an aromatic ring is 1. The van der Waals surface area contributed by atoms with E-state index in [0.29, 0.717) is 34.3 Å². The van der Waals surface area contributed by atoms with Crippen LogP contribution in [0, 0.1) is 0 Å². The fraction of sp³-hybridized carbons (Fsp3) is 0.250. The second kappa shape index (κ2) is 8.44. The van der Waals surface area contributed by atoms with Crippen molar-refractivity contribution in [3.8, 4) is 0 Å². The van der Waals surface area contributed by atoms with Crippen LogP contribution < -0.4 is 21.6 Å². The third-order valence-electron chi connectivity index (χ3n) is 3.28. The molecule has 26 heavy (non-hydrogen) atoms. The second-order valence-electron chi connectivity index (χ2n) is 5.58. The molecule has 2 rings (SSSR count). The van der Waals surface area contributed by atoms with Gasteiger partial charge in [0.05, 0.1) is 0 Å². The van der Waals surface area contributed by atoms with Crippen molar-refractivity contribution in [1.82, 2.24) is 15.3 Å². The predicted octanol–water partition coefficient (Wildman–Crippen LogP) is -1.69. The topological polar surface area (TPSA) is 128 Å². The minimum absolute atomic E-state index is 0.279. The van der Waals surface area contributed by atoms with Crippen molar-refractivity contribution < 1.29 is 34.6 Å². The Labute approximate surface area is 159 Å². The number of carbonyl (C=O) groups is 1. The number of nitrogens with zero attached hydrogens (tertiary/aromatic N) is 2. The number of nitrogens with one attached hydrogen (secondary N) is 1. The van der Waals surface area contributed by atoms with E-state index in [2.05, 4.69) is 38.8 Å². The number of aromatic nitrogens is 2. The quantitative estimate of drug-likeness (QED) is 0.555. The predicted molar refractivity (Wildman–Crippen MR) is 94.9 cm³/mol. The third-order valence-corrected chi connectivity index (χ3v) is 4.61.